The Morgan fingerprint density at radius 3 is 2.88 bits per heavy atom. The van der Waals surface area contributed by atoms with E-state index in [0.29, 0.717) is 11.7 Å². The van der Waals surface area contributed by atoms with Gasteiger partial charge in [0.05, 0.1) is 0 Å². The number of carbonyl (C=O) groups excluding carboxylic acids is 1. The van der Waals surface area contributed by atoms with E-state index in [2.05, 4.69) is 19.1 Å². The lowest BCUT2D eigenvalue weighted by molar-refractivity contribution is 0.0918. The van der Waals surface area contributed by atoms with Crippen molar-refractivity contribution in [3.8, 4) is 0 Å². The number of fused-ring (bicyclic) bond motifs is 1. The third-order valence-corrected chi connectivity index (χ3v) is 4.45. The molecule has 2 aromatic rings. The molecule has 1 fully saturated rings. The Labute approximate surface area is 99.1 Å². The minimum atomic E-state index is 0.206. The largest absolute Gasteiger partial charge is 0.294 e. The first-order valence-corrected chi connectivity index (χ1v) is 6.66. The molecule has 3 rings (SSSR count). The molecular formula is C14H14OS. The van der Waals surface area contributed by atoms with Crippen LogP contribution >= 0.6 is 11.3 Å². The standard InChI is InChI=1S/C14H14OS/c1-9(10-6-7-10)14(15)12-8-16-13-5-3-2-4-11(12)13/h2-5,8-10H,6-7H2,1H3. The van der Waals surface area contributed by atoms with Crippen LogP contribution in [0.5, 0.6) is 0 Å². The zero-order valence-corrected chi connectivity index (χ0v) is 10.1. The molecule has 0 saturated heterocycles. The second-order valence-electron chi connectivity index (χ2n) is 4.64. The predicted molar refractivity (Wildman–Crippen MR) is 68.0 cm³/mol. The first-order valence-electron chi connectivity index (χ1n) is 5.78. The van der Waals surface area contributed by atoms with Crippen LogP contribution in [0.15, 0.2) is 29.6 Å². The summed E-state index contributed by atoms with van der Waals surface area (Å²) in [5.41, 5.74) is 0.931. The molecular weight excluding hydrogens is 216 g/mol. The second kappa shape index (κ2) is 3.70. The number of rotatable bonds is 3. The maximum atomic E-state index is 12.3. The third-order valence-electron chi connectivity index (χ3n) is 3.49. The van der Waals surface area contributed by atoms with Crippen LogP contribution in [-0.4, -0.2) is 5.78 Å². The highest BCUT2D eigenvalue weighted by Gasteiger charge is 2.33. The van der Waals surface area contributed by atoms with Crippen molar-refractivity contribution in [2.24, 2.45) is 11.8 Å². The maximum Gasteiger partial charge on any atom is 0.167 e. The van der Waals surface area contributed by atoms with Crippen molar-refractivity contribution in [2.75, 3.05) is 0 Å². The molecule has 1 aliphatic rings. The Kier molecular flexibility index (Phi) is 2.32. The van der Waals surface area contributed by atoms with E-state index in [-0.39, 0.29) is 5.92 Å². The summed E-state index contributed by atoms with van der Waals surface area (Å²) in [6, 6.07) is 8.17. The highest BCUT2D eigenvalue weighted by Crippen LogP contribution is 2.39. The van der Waals surface area contributed by atoms with Gasteiger partial charge in [-0.1, -0.05) is 25.1 Å². The molecule has 1 aromatic heterocycles. The summed E-state index contributed by atoms with van der Waals surface area (Å²) in [6.07, 6.45) is 2.46. The van der Waals surface area contributed by atoms with E-state index in [0.717, 1.165) is 10.9 Å². The molecule has 0 bridgehead atoms. The molecule has 0 radical (unpaired) electrons. The summed E-state index contributed by atoms with van der Waals surface area (Å²) >= 11 is 1.67. The van der Waals surface area contributed by atoms with Crippen molar-refractivity contribution in [3.63, 3.8) is 0 Å². The lowest BCUT2D eigenvalue weighted by atomic mass is 9.95. The zero-order chi connectivity index (χ0) is 11.1. The topological polar surface area (TPSA) is 17.1 Å². The molecule has 82 valence electrons. The van der Waals surface area contributed by atoms with E-state index in [4.69, 9.17) is 0 Å². The van der Waals surface area contributed by atoms with Gasteiger partial charge in [0.15, 0.2) is 5.78 Å². The van der Waals surface area contributed by atoms with Gasteiger partial charge in [-0.3, -0.25) is 4.79 Å². The molecule has 1 nitrogen and oxygen atoms in total. The molecule has 1 heterocycles. The Hall–Kier alpha value is -1.15. The fourth-order valence-corrected chi connectivity index (χ4v) is 3.17. The van der Waals surface area contributed by atoms with E-state index >= 15 is 0 Å². The van der Waals surface area contributed by atoms with E-state index < -0.39 is 0 Å². The summed E-state index contributed by atoms with van der Waals surface area (Å²) < 4.78 is 1.22. The van der Waals surface area contributed by atoms with Crippen molar-refractivity contribution >= 4 is 27.2 Å². The van der Waals surface area contributed by atoms with Gasteiger partial charge in [-0.05, 0) is 24.8 Å². The van der Waals surface area contributed by atoms with E-state index in [9.17, 15) is 4.79 Å². The molecule has 1 unspecified atom stereocenters. The third kappa shape index (κ3) is 1.57. The van der Waals surface area contributed by atoms with Gasteiger partial charge in [0.1, 0.15) is 0 Å². The summed E-state index contributed by atoms with van der Waals surface area (Å²) in [6.45, 7) is 2.08. The van der Waals surface area contributed by atoms with Gasteiger partial charge in [0.2, 0.25) is 0 Å². The van der Waals surface area contributed by atoms with Crippen molar-refractivity contribution in [1.82, 2.24) is 0 Å². The Morgan fingerprint density at radius 1 is 1.38 bits per heavy atom. The van der Waals surface area contributed by atoms with Crippen molar-refractivity contribution in [2.45, 2.75) is 19.8 Å². The van der Waals surface area contributed by atoms with Gasteiger partial charge in [-0.25, -0.2) is 0 Å². The van der Waals surface area contributed by atoms with Crippen LogP contribution in [0.25, 0.3) is 10.1 Å². The lowest BCUT2D eigenvalue weighted by Gasteiger charge is -2.07. The Bertz CT molecular complexity index is 536. The summed E-state index contributed by atoms with van der Waals surface area (Å²) in [7, 11) is 0. The van der Waals surface area contributed by atoms with Gasteiger partial charge in [-0.15, -0.1) is 11.3 Å². The summed E-state index contributed by atoms with van der Waals surface area (Å²) in [5, 5.41) is 3.15. The maximum absolute atomic E-state index is 12.3. The number of carbonyl (C=O) groups is 1. The first kappa shape index (κ1) is 10.0. The van der Waals surface area contributed by atoms with Crippen LogP contribution in [-0.2, 0) is 0 Å². The van der Waals surface area contributed by atoms with Crippen LogP contribution < -0.4 is 0 Å². The van der Waals surface area contributed by atoms with Crippen LogP contribution in [0.4, 0.5) is 0 Å². The molecule has 1 aliphatic carbocycles. The van der Waals surface area contributed by atoms with Gasteiger partial charge < -0.3 is 0 Å². The summed E-state index contributed by atoms with van der Waals surface area (Å²) in [4.78, 5) is 12.3. The van der Waals surface area contributed by atoms with Crippen molar-refractivity contribution in [3.05, 3.63) is 35.2 Å². The molecule has 1 atom stereocenters. The number of hydrogen-bond acceptors (Lipinski definition) is 2. The monoisotopic (exact) mass is 230 g/mol. The summed E-state index contributed by atoms with van der Waals surface area (Å²) in [5.74, 6) is 1.18. The first-order chi connectivity index (χ1) is 7.77. The average Bonchev–Trinajstić information content (AvgIpc) is 3.07. The lowest BCUT2D eigenvalue weighted by Crippen LogP contribution is -2.12. The predicted octanol–water partition coefficient (Wildman–Crippen LogP) is 4.13. The van der Waals surface area contributed by atoms with Crippen LogP contribution in [0.1, 0.15) is 30.1 Å². The molecule has 0 aliphatic heterocycles. The van der Waals surface area contributed by atoms with Crippen LogP contribution in [0.2, 0.25) is 0 Å². The fourth-order valence-electron chi connectivity index (χ4n) is 2.22. The highest BCUT2D eigenvalue weighted by molar-refractivity contribution is 7.17. The molecule has 1 saturated carbocycles. The minimum Gasteiger partial charge on any atom is -0.294 e. The quantitative estimate of drug-likeness (QED) is 0.724. The van der Waals surface area contributed by atoms with Gasteiger partial charge in [0.25, 0.3) is 0 Å². The zero-order valence-electron chi connectivity index (χ0n) is 9.27. The number of thiophene rings is 1. The van der Waals surface area contributed by atoms with Gasteiger partial charge in [0, 0.05) is 26.9 Å². The molecule has 1 aromatic carbocycles. The number of Topliss-reactive ketones (excluding diaryl/α,β-unsaturated/α-hetero) is 1. The number of hydrogen-bond donors (Lipinski definition) is 0. The number of ketones is 1. The average molecular weight is 230 g/mol. The van der Waals surface area contributed by atoms with Gasteiger partial charge >= 0.3 is 0 Å². The van der Waals surface area contributed by atoms with Crippen LogP contribution in [0.3, 0.4) is 0 Å². The Morgan fingerprint density at radius 2 is 2.12 bits per heavy atom. The van der Waals surface area contributed by atoms with Crippen molar-refractivity contribution < 1.29 is 4.79 Å². The van der Waals surface area contributed by atoms with E-state index in [1.807, 2.05) is 17.5 Å². The van der Waals surface area contributed by atoms with Crippen molar-refractivity contribution in [1.29, 1.82) is 0 Å². The molecule has 0 N–H and O–H groups in total. The molecule has 0 amide bonds. The van der Waals surface area contributed by atoms with Crippen LogP contribution in [0, 0.1) is 11.8 Å². The normalized spacial score (nSPS) is 17.6. The fraction of sp³-hybridized carbons (Fsp3) is 0.357. The molecule has 2 heteroatoms. The van der Waals surface area contributed by atoms with Gasteiger partial charge in [-0.2, -0.15) is 0 Å². The molecule has 16 heavy (non-hydrogen) atoms. The molecule has 0 spiro atoms. The number of benzene rings is 1. The van der Waals surface area contributed by atoms with E-state index in [1.165, 1.54) is 17.5 Å². The second-order valence-corrected chi connectivity index (χ2v) is 5.55. The smallest absolute Gasteiger partial charge is 0.167 e. The van der Waals surface area contributed by atoms with E-state index in [1.54, 1.807) is 11.3 Å². The minimum absolute atomic E-state index is 0.206. The SMILES string of the molecule is CC(C(=O)c1csc2ccccc12)C1CC1. The highest BCUT2D eigenvalue weighted by atomic mass is 32.1. The Balaban J connectivity index is 2.01.